The van der Waals surface area contributed by atoms with Crippen molar-refractivity contribution in [3.05, 3.63) is 18.2 Å². The number of hydrogen-bond donors (Lipinski definition) is 1. The van der Waals surface area contributed by atoms with Crippen LogP contribution >= 0.6 is 11.3 Å². The van der Waals surface area contributed by atoms with Gasteiger partial charge in [-0.15, -0.1) is 11.3 Å². The van der Waals surface area contributed by atoms with E-state index < -0.39 is 9.84 Å². The molecule has 0 spiro atoms. The molecule has 0 unspecified atom stereocenters. The van der Waals surface area contributed by atoms with Gasteiger partial charge in [-0.3, -0.25) is 0 Å². The highest BCUT2D eigenvalue weighted by molar-refractivity contribution is 7.93. The number of nitrogens with zero attached hydrogens (tertiary/aromatic N) is 2. The van der Waals surface area contributed by atoms with E-state index in [1.807, 2.05) is 13.8 Å². The van der Waals surface area contributed by atoms with E-state index in [2.05, 4.69) is 9.88 Å². The molecular weight excluding hydrogens is 294 g/mol. The maximum atomic E-state index is 12.3. The molecule has 0 radical (unpaired) electrons. The Morgan fingerprint density at radius 3 is 2.65 bits per heavy atom. The Morgan fingerprint density at radius 1 is 1.30 bits per heavy atom. The molecular formula is C13H19N3O2S2. The molecule has 0 saturated heterocycles. The third kappa shape index (κ3) is 3.28. The fraction of sp³-hybridized carbons (Fsp3) is 0.462. The van der Waals surface area contributed by atoms with Crippen LogP contribution in [-0.4, -0.2) is 43.7 Å². The largest absolute Gasteiger partial charge is 0.399 e. The molecule has 7 heteroatoms. The Hall–Kier alpha value is -1.18. The number of aromatic nitrogens is 1. The first kappa shape index (κ1) is 15.2. The molecule has 0 amide bonds. The van der Waals surface area contributed by atoms with Crippen LogP contribution in [-0.2, 0) is 9.84 Å². The summed E-state index contributed by atoms with van der Waals surface area (Å²) in [6, 6.07) is 5.25. The van der Waals surface area contributed by atoms with E-state index in [0.29, 0.717) is 17.7 Å². The van der Waals surface area contributed by atoms with Crippen LogP contribution in [0.4, 0.5) is 5.69 Å². The minimum absolute atomic E-state index is 0.101. The van der Waals surface area contributed by atoms with E-state index in [4.69, 9.17) is 5.73 Å². The molecule has 1 aromatic heterocycles. The van der Waals surface area contributed by atoms with Crippen LogP contribution in [0, 0.1) is 0 Å². The molecule has 0 saturated carbocycles. The molecule has 5 nitrogen and oxygen atoms in total. The van der Waals surface area contributed by atoms with Crippen LogP contribution in [0.25, 0.3) is 10.2 Å². The van der Waals surface area contributed by atoms with Crippen molar-refractivity contribution in [1.29, 1.82) is 0 Å². The molecule has 1 aromatic carbocycles. The van der Waals surface area contributed by atoms with Crippen LogP contribution < -0.4 is 5.73 Å². The summed E-state index contributed by atoms with van der Waals surface area (Å²) in [5, 5.41) is 0. The zero-order valence-corrected chi connectivity index (χ0v) is 13.3. The van der Waals surface area contributed by atoms with Gasteiger partial charge in [-0.25, -0.2) is 13.4 Å². The van der Waals surface area contributed by atoms with E-state index in [9.17, 15) is 8.42 Å². The third-order valence-corrected chi connectivity index (χ3v) is 6.40. The number of fused-ring (bicyclic) bond motifs is 1. The molecule has 2 rings (SSSR count). The maximum absolute atomic E-state index is 12.3. The molecule has 0 aliphatic rings. The van der Waals surface area contributed by atoms with Gasteiger partial charge < -0.3 is 10.6 Å². The van der Waals surface area contributed by atoms with Gasteiger partial charge in [0.25, 0.3) is 0 Å². The van der Waals surface area contributed by atoms with Crippen molar-refractivity contribution < 1.29 is 8.42 Å². The summed E-state index contributed by atoms with van der Waals surface area (Å²) >= 11 is 1.19. The monoisotopic (exact) mass is 313 g/mol. The van der Waals surface area contributed by atoms with Gasteiger partial charge in [0, 0.05) is 12.2 Å². The van der Waals surface area contributed by atoms with E-state index in [1.165, 1.54) is 11.3 Å². The predicted octanol–water partition coefficient (Wildman–Crippen LogP) is 1.99. The average Bonchev–Trinajstić information content (AvgIpc) is 2.83. The van der Waals surface area contributed by atoms with Crippen molar-refractivity contribution in [1.82, 2.24) is 9.88 Å². The summed E-state index contributed by atoms with van der Waals surface area (Å²) in [4.78, 5) is 6.30. The minimum Gasteiger partial charge on any atom is -0.399 e. The molecule has 0 atom stereocenters. The lowest BCUT2D eigenvalue weighted by molar-refractivity contribution is 0.321. The third-order valence-electron chi connectivity index (χ3n) is 3.23. The smallest absolute Gasteiger partial charge is 0.210 e. The summed E-state index contributed by atoms with van der Waals surface area (Å²) < 4.78 is 25.6. The van der Waals surface area contributed by atoms with Gasteiger partial charge in [-0.05, 0) is 31.3 Å². The van der Waals surface area contributed by atoms with Crippen molar-refractivity contribution in [2.45, 2.75) is 18.2 Å². The zero-order valence-electron chi connectivity index (χ0n) is 11.7. The Bertz CT molecular complexity index is 691. The molecule has 0 fully saturated rings. The Morgan fingerprint density at radius 2 is 2.00 bits per heavy atom. The SMILES string of the molecule is CCN(CC)CCS(=O)(=O)c1nc2ccc(N)cc2s1. The van der Waals surface area contributed by atoms with Gasteiger partial charge in [0.2, 0.25) is 14.2 Å². The number of hydrogen-bond acceptors (Lipinski definition) is 6. The second-order valence-corrected chi connectivity index (χ2v) is 7.87. The van der Waals surface area contributed by atoms with E-state index in [-0.39, 0.29) is 10.1 Å². The molecule has 110 valence electrons. The van der Waals surface area contributed by atoms with Gasteiger partial charge in [-0.1, -0.05) is 13.8 Å². The summed E-state index contributed by atoms with van der Waals surface area (Å²) in [6.45, 7) is 6.28. The lowest BCUT2D eigenvalue weighted by Gasteiger charge is -2.16. The van der Waals surface area contributed by atoms with Gasteiger partial charge in [-0.2, -0.15) is 0 Å². The molecule has 2 N–H and O–H groups in total. The number of thiazole rings is 1. The summed E-state index contributed by atoms with van der Waals surface area (Å²) in [5.74, 6) is 0.101. The number of benzene rings is 1. The second-order valence-electron chi connectivity index (χ2n) is 4.55. The number of sulfone groups is 1. The molecule has 0 aliphatic heterocycles. The van der Waals surface area contributed by atoms with E-state index in [1.54, 1.807) is 18.2 Å². The zero-order chi connectivity index (χ0) is 14.8. The van der Waals surface area contributed by atoms with Gasteiger partial charge in [0.1, 0.15) is 0 Å². The minimum atomic E-state index is -3.33. The Balaban J connectivity index is 2.23. The highest BCUT2D eigenvalue weighted by Gasteiger charge is 2.20. The lowest BCUT2D eigenvalue weighted by Crippen LogP contribution is -2.29. The van der Waals surface area contributed by atoms with Crippen LogP contribution in [0.2, 0.25) is 0 Å². The van der Waals surface area contributed by atoms with Crippen LogP contribution in [0.1, 0.15) is 13.8 Å². The van der Waals surface area contributed by atoms with Gasteiger partial charge in [0.15, 0.2) is 0 Å². The van der Waals surface area contributed by atoms with Crippen LogP contribution in [0.3, 0.4) is 0 Å². The number of rotatable bonds is 6. The highest BCUT2D eigenvalue weighted by atomic mass is 32.2. The topological polar surface area (TPSA) is 76.3 Å². The fourth-order valence-corrected chi connectivity index (χ4v) is 4.61. The molecule has 20 heavy (non-hydrogen) atoms. The van der Waals surface area contributed by atoms with Crippen molar-refractivity contribution in [3.63, 3.8) is 0 Å². The van der Waals surface area contributed by atoms with Gasteiger partial charge >= 0.3 is 0 Å². The van der Waals surface area contributed by atoms with Crippen molar-refractivity contribution in [2.24, 2.45) is 0 Å². The van der Waals surface area contributed by atoms with E-state index in [0.717, 1.165) is 17.8 Å². The first-order chi connectivity index (χ1) is 9.46. The van der Waals surface area contributed by atoms with Crippen molar-refractivity contribution in [3.8, 4) is 0 Å². The average molecular weight is 313 g/mol. The predicted molar refractivity (Wildman–Crippen MR) is 83.9 cm³/mol. The first-order valence-electron chi connectivity index (χ1n) is 6.57. The lowest BCUT2D eigenvalue weighted by atomic mass is 10.3. The standard InChI is InChI=1S/C13H19N3O2S2/c1-3-16(4-2)7-8-20(17,18)13-15-11-6-5-10(14)9-12(11)19-13/h5-6,9H,3-4,7-8,14H2,1-2H3. The fourth-order valence-electron chi connectivity index (χ4n) is 1.93. The molecule has 0 bridgehead atoms. The highest BCUT2D eigenvalue weighted by Crippen LogP contribution is 2.27. The number of nitrogen functional groups attached to an aromatic ring is 1. The van der Waals surface area contributed by atoms with E-state index >= 15 is 0 Å². The van der Waals surface area contributed by atoms with Crippen molar-refractivity contribution in [2.75, 3.05) is 31.1 Å². The Labute approximate surface area is 123 Å². The summed E-state index contributed by atoms with van der Waals surface area (Å²) in [5.41, 5.74) is 7.00. The molecule has 2 aromatic rings. The maximum Gasteiger partial charge on any atom is 0.210 e. The van der Waals surface area contributed by atoms with Crippen LogP contribution in [0.15, 0.2) is 22.5 Å². The summed E-state index contributed by atoms with van der Waals surface area (Å²) in [7, 11) is -3.33. The number of nitrogens with two attached hydrogens (primary N) is 1. The normalized spacial score (nSPS) is 12.3. The molecule has 1 heterocycles. The van der Waals surface area contributed by atoms with Gasteiger partial charge in [0.05, 0.1) is 16.0 Å². The number of anilines is 1. The first-order valence-corrected chi connectivity index (χ1v) is 9.04. The molecule has 0 aliphatic carbocycles. The quantitative estimate of drug-likeness (QED) is 0.825. The summed E-state index contributed by atoms with van der Waals surface area (Å²) in [6.07, 6.45) is 0. The van der Waals surface area contributed by atoms with Crippen LogP contribution in [0.5, 0.6) is 0 Å². The Kier molecular flexibility index (Phi) is 4.62. The van der Waals surface area contributed by atoms with Crippen molar-refractivity contribution >= 4 is 37.1 Å². The second kappa shape index (κ2) is 6.07.